The number of aryl methyl sites for hydroxylation is 1. The van der Waals surface area contributed by atoms with Crippen molar-refractivity contribution >= 4 is 24.0 Å². The highest BCUT2D eigenvalue weighted by Gasteiger charge is 2.19. The largest absolute Gasteiger partial charge is 0.508 e. The van der Waals surface area contributed by atoms with E-state index < -0.39 is 5.91 Å². The van der Waals surface area contributed by atoms with Crippen molar-refractivity contribution in [2.75, 3.05) is 18.4 Å². The fraction of sp³-hybridized carbons (Fsp3) is 0.368. The molecule has 1 aliphatic rings. The molecular weight excluding hydrogens is 354 g/mol. The highest BCUT2D eigenvalue weighted by molar-refractivity contribution is 6.05. The third-order valence-electron chi connectivity index (χ3n) is 4.58. The van der Waals surface area contributed by atoms with Gasteiger partial charge in [-0.15, -0.1) is 12.4 Å². The van der Waals surface area contributed by atoms with Gasteiger partial charge in [-0.05, 0) is 74.7 Å². The van der Waals surface area contributed by atoms with Crippen LogP contribution in [0.1, 0.15) is 28.8 Å². The Labute approximate surface area is 158 Å². The summed E-state index contributed by atoms with van der Waals surface area (Å²) >= 11 is 0. The van der Waals surface area contributed by atoms with Gasteiger partial charge in [0, 0.05) is 18.4 Å². The third kappa shape index (κ3) is 4.65. The molecular formula is C19H24ClN3O3. The number of piperidine rings is 1. The molecule has 0 aliphatic carbocycles. The van der Waals surface area contributed by atoms with Gasteiger partial charge in [0.05, 0.1) is 0 Å². The second-order valence-electron chi connectivity index (χ2n) is 6.54. The number of benzene rings is 1. The molecule has 3 N–H and O–H groups in total. The number of nitrogens with one attached hydrogen (secondary N) is 2. The maximum absolute atomic E-state index is 12.8. The molecule has 1 aliphatic heterocycles. The van der Waals surface area contributed by atoms with Crippen LogP contribution in [0, 0.1) is 12.8 Å². The van der Waals surface area contributed by atoms with E-state index in [4.69, 9.17) is 0 Å². The standard InChI is InChI=1S/C19H23N3O3.ClH/c1-13-8-10-22(12-14-3-2-9-20-11-14)19(25)17(13)18(24)21-15-4-6-16(23)7-5-15;/h4-8,10,14,20,23H,2-3,9,11-12H2,1H3,(H,21,24);1H. The van der Waals surface area contributed by atoms with E-state index in [1.807, 2.05) is 6.07 Å². The Kier molecular flexibility index (Phi) is 6.83. The zero-order valence-corrected chi connectivity index (χ0v) is 15.5. The highest BCUT2D eigenvalue weighted by Crippen LogP contribution is 2.16. The van der Waals surface area contributed by atoms with Crippen LogP contribution in [0.4, 0.5) is 5.69 Å². The molecule has 0 radical (unpaired) electrons. The molecule has 2 aromatic rings. The number of phenols is 1. The van der Waals surface area contributed by atoms with Crippen molar-refractivity contribution in [2.45, 2.75) is 26.3 Å². The molecule has 6 nitrogen and oxygen atoms in total. The Morgan fingerprint density at radius 3 is 2.69 bits per heavy atom. The summed E-state index contributed by atoms with van der Waals surface area (Å²) in [5, 5.41) is 15.4. The van der Waals surface area contributed by atoms with E-state index in [2.05, 4.69) is 10.6 Å². The molecule has 1 fully saturated rings. The number of carbonyl (C=O) groups excluding carboxylic acids is 1. The zero-order chi connectivity index (χ0) is 17.8. The number of carbonyl (C=O) groups is 1. The van der Waals surface area contributed by atoms with Crippen LogP contribution >= 0.6 is 12.4 Å². The summed E-state index contributed by atoms with van der Waals surface area (Å²) < 4.78 is 1.64. The Morgan fingerprint density at radius 1 is 1.31 bits per heavy atom. The van der Waals surface area contributed by atoms with Crippen molar-refractivity contribution in [1.82, 2.24) is 9.88 Å². The lowest BCUT2D eigenvalue weighted by molar-refractivity contribution is 0.102. The van der Waals surface area contributed by atoms with Crippen molar-refractivity contribution in [3.8, 4) is 5.75 Å². The van der Waals surface area contributed by atoms with Gasteiger partial charge in [-0.25, -0.2) is 0 Å². The minimum absolute atomic E-state index is 0. The fourth-order valence-corrected chi connectivity index (χ4v) is 3.18. The van der Waals surface area contributed by atoms with Gasteiger partial charge in [-0.2, -0.15) is 0 Å². The number of amides is 1. The van der Waals surface area contributed by atoms with Gasteiger partial charge in [0.2, 0.25) is 0 Å². The molecule has 26 heavy (non-hydrogen) atoms. The predicted octanol–water partition coefficient (Wildman–Crippen LogP) is 2.54. The Balaban J connectivity index is 0.00000243. The summed E-state index contributed by atoms with van der Waals surface area (Å²) in [4.78, 5) is 25.4. The number of anilines is 1. The molecule has 1 aromatic carbocycles. The van der Waals surface area contributed by atoms with Crippen LogP contribution in [0.3, 0.4) is 0 Å². The maximum Gasteiger partial charge on any atom is 0.263 e. The van der Waals surface area contributed by atoms with Gasteiger partial charge in [-0.1, -0.05) is 0 Å². The molecule has 2 heterocycles. The first kappa shape index (κ1) is 20.0. The normalized spacial score (nSPS) is 16.6. The molecule has 140 valence electrons. The van der Waals surface area contributed by atoms with Crippen molar-refractivity contribution in [1.29, 1.82) is 0 Å². The zero-order valence-electron chi connectivity index (χ0n) is 14.7. The molecule has 3 rings (SSSR count). The Bertz CT molecular complexity index is 812. The second-order valence-corrected chi connectivity index (χ2v) is 6.54. The van der Waals surface area contributed by atoms with Crippen molar-refractivity contribution in [3.05, 3.63) is 58.0 Å². The summed E-state index contributed by atoms with van der Waals surface area (Å²) in [6.07, 6.45) is 3.96. The molecule has 1 amide bonds. The topological polar surface area (TPSA) is 83.4 Å². The lowest BCUT2D eigenvalue weighted by atomic mass is 9.99. The monoisotopic (exact) mass is 377 g/mol. The van der Waals surface area contributed by atoms with Crippen LogP contribution in [-0.4, -0.2) is 28.7 Å². The SMILES string of the molecule is Cc1ccn(CC2CCCNC2)c(=O)c1C(=O)Nc1ccc(O)cc1.Cl. The first-order chi connectivity index (χ1) is 12.0. The second kappa shape index (κ2) is 8.87. The molecule has 0 spiro atoms. The summed E-state index contributed by atoms with van der Waals surface area (Å²) in [6.45, 7) is 4.31. The number of halogens is 1. The quantitative estimate of drug-likeness (QED) is 0.715. The average Bonchev–Trinajstić information content (AvgIpc) is 2.60. The van der Waals surface area contributed by atoms with Crippen LogP contribution in [0.15, 0.2) is 41.3 Å². The van der Waals surface area contributed by atoms with Gasteiger partial charge in [0.15, 0.2) is 0 Å². The minimum Gasteiger partial charge on any atom is -0.508 e. The lowest BCUT2D eigenvalue weighted by Crippen LogP contribution is -2.36. The number of aromatic nitrogens is 1. The van der Waals surface area contributed by atoms with Crippen LogP contribution in [-0.2, 0) is 6.54 Å². The van der Waals surface area contributed by atoms with E-state index in [0.717, 1.165) is 25.9 Å². The molecule has 1 unspecified atom stereocenters. The summed E-state index contributed by atoms with van der Waals surface area (Å²) in [6, 6.07) is 7.97. The molecule has 1 atom stereocenters. The maximum atomic E-state index is 12.8. The van der Waals surface area contributed by atoms with E-state index >= 15 is 0 Å². The number of rotatable bonds is 4. The molecule has 0 bridgehead atoms. The summed E-state index contributed by atoms with van der Waals surface area (Å²) in [7, 11) is 0. The van der Waals surface area contributed by atoms with Gasteiger partial charge >= 0.3 is 0 Å². The highest BCUT2D eigenvalue weighted by atomic mass is 35.5. The van der Waals surface area contributed by atoms with E-state index in [1.165, 1.54) is 12.1 Å². The van der Waals surface area contributed by atoms with E-state index in [1.54, 1.807) is 29.8 Å². The number of hydrogen-bond donors (Lipinski definition) is 3. The van der Waals surface area contributed by atoms with Crippen molar-refractivity contribution in [2.24, 2.45) is 5.92 Å². The third-order valence-corrected chi connectivity index (χ3v) is 4.58. The summed E-state index contributed by atoms with van der Waals surface area (Å²) in [5.74, 6) is 0.101. The van der Waals surface area contributed by atoms with Crippen LogP contribution in [0.2, 0.25) is 0 Å². The van der Waals surface area contributed by atoms with Gasteiger partial charge in [0.25, 0.3) is 11.5 Å². The number of aromatic hydroxyl groups is 1. The van der Waals surface area contributed by atoms with Crippen molar-refractivity contribution in [3.63, 3.8) is 0 Å². The Morgan fingerprint density at radius 2 is 2.04 bits per heavy atom. The van der Waals surface area contributed by atoms with E-state index in [0.29, 0.717) is 23.7 Å². The van der Waals surface area contributed by atoms with Crippen LogP contribution in [0.5, 0.6) is 5.75 Å². The molecule has 0 saturated carbocycles. The minimum atomic E-state index is -0.427. The van der Waals surface area contributed by atoms with Gasteiger partial charge in [-0.3, -0.25) is 9.59 Å². The number of pyridine rings is 1. The molecule has 1 aromatic heterocycles. The number of hydrogen-bond acceptors (Lipinski definition) is 4. The summed E-state index contributed by atoms with van der Waals surface area (Å²) in [5.41, 5.74) is 1.09. The number of phenolic OH excluding ortho intramolecular Hbond substituents is 1. The van der Waals surface area contributed by atoms with Gasteiger partial charge < -0.3 is 20.3 Å². The fourth-order valence-electron chi connectivity index (χ4n) is 3.18. The smallest absolute Gasteiger partial charge is 0.263 e. The van der Waals surface area contributed by atoms with Crippen LogP contribution in [0.25, 0.3) is 0 Å². The average molecular weight is 378 g/mol. The van der Waals surface area contributed by atoms with Crippen LogP contribution < -0.4 is 16.2 Å². The van der Waals surface area contributed by atoms with E-state index in [-0.39, 0.29) is 29.3 Å². The first-order valence-corrected chi connectivity index (χ1v) is 8.56. The predicted molar refractivity (Wildman–Crippen MR) is 104 cm³/mol. The Hall–Kier alpha value is -2.31. The molecule has 1 saturated heterocycles. The van der Waals surface area contributed by atoms with Crippen molar-refractivity contribution < 1.29 is 9.90 Å². The molecule has 7 heteroatoms. The number of nitrogens with zero attached hydrogens (tertiary/aromatic N) is 1. The van der Waals surface area contributed by atoms with E-state index in [9.17, 15) is 14.7 Å². The first-order valence-electron chi connectivity index (χ1n) is 8.56. The lowest BCUT2D eigenvalue weighted by Gasteiger charge is -2.23. The van der Waals surface area contributed by atoms with Gasteiger partial charge in [0.1, 0.15) is 11.3 Å².